The van der Waals surface area contributed by atoms with Crippen molar-refractivity contribution in [2.24, 2.45) is 5.92 Å². The number of nitrogens with one attached hydrogen (secondary N) is 1. The van der Waals surface area contributed by atoms with Crippen LogP contribution in [0.15, 0.2) is 24.3 Å². The van der Waals surface area contributed by atoms with E-state index in [4.69, 9.17) is 0 Å². The van der Waals surface area contributed by atoms with Crippen LogP contribution in [0.2, 0.25) is 0 Å². The lowest BCUT2D eigenvalue weighted by Crippen LogP contribution is -2.30. The molecule has 82 valence electrons. The van der Waals surface area contributed by atoms with Crippen molar-refractivity contribution in [3.05, 3.63) is 35.4 Å². The van der Waals surface area contributed by atoms with E-state index in [1.165, 1.54) is 31.2 Å². The highest BCUT2D eigenvalue weighted by Crippen LogP contribution is 2.36. The van der Waals surface area contributed by atoms with E-state index in [0.717, 1.165) is 5.92 Å². The van der Waals surface area contributed by atoms with Crippen LogP contribution in [0.4, 0.5) is 0 Å². The molecule has 1 aromatic rings. The number of hydrogen-bond donors (Lipinski definition) is 1. The van der Waals surface area contributed by atoms with Crippen molar-refractivity contribution in [2.75, 3.05) is 7.05 Å². The van der Waals surface area contributed by atoms with Gasteiger partial charge in [-0.1, -0.05) is 37.6 Å². The molecule has 1 aliphatic rings. The molecule has 0 aromatic heterocycles. The summed E-state index contributed by atoms with van der Waals surface area (Å²) in [6.45, 7) is 2.28. The summed E-state index contributed by atoms with van der Waals surface area (Å²) in [5, 5.41) is 3.50. The fourth-order valence-electron chi connectivity index (χ4n) is 2.90. The third-order valence-electron chi connectivity index (χ3n) is 3.62. The van der Waals surface area contributed by atoms with Crippen LogP contribution >= 0.6 is 0 Å². The lowest BCUT2D eigenvalue weighted by molar-refractivity contribution is 0.315. The molecule has 0 radical (unpaired) electrons. The number of fused-ring (bicyclic) bond motifs is 1. The van der Waals surface area contributed by atoms with E-state index in [0.29, 0.717) is 6.04 Å². The molecule has 0 fully saturated rings. The van der Waals surface area contributed by atoms with E-state index in [9.17, 15) is 0 Å². The van der Waals surface area contributed by atoms with Crippen LogP contribution in [-0.4, -0.2) is 7.05 Å². The van der Waals surface area contributed by atoms with Crippen molar-refractivity contribution in [1.29, 1.82) is 0 Å². The summed E-state index contributed by atoms with van der Waals surface area (Å²) < 4.78 is 0. The van der Waals surface area contributed by atoms with Gasteiger partial charge in [0, 0.05) is 6.04 Å². The summed E-state index contributed by atoms with van der Waals surface area (Å²) in [5.74, 6) is 0.829. The average molecular weight is 203 g/mol. The highest BCUT2D eigenvalue weighted by molar-refractivity contribution is 5.32. The average Bonchev–Trinajstić information content (AvgIpc) is 2.29. The molecule has 0 amide bonds. The lowest BCUT2D eigenvalue weighted by Gasteiger charge is -2.33. The Bertz CT molecular complexity index is 319. The van der Waals surface area contributed by atoms with Crippen LogP contribution < -0.4 is 5.32 Å². The molecule has 1 aliphatic carbocycles. The predicted octanol–water partition coefficient (Wildman–Crippen LogP) is 3.31. The Morgan fingerprint density at radius 1 is 1.33 bits per heavy atom. The second-order valence-electron chi connectivity index (χ2n) is 4.55. The standard InChI is InChI=1S/C14H21N/c1-3-6-12-10-9-11-7-4-5-8-13(11)14(12)15-2/h4-5,7-8,12,14-15H,3,6,9-10H2,1-2H3. The fraction of sp³-hybridized carbons (Fsp3) is 0.571. The Labute approximate surface area is 92.9 Å². The maximum atomic E-state index is 3.50. The molecular formula is C14H21N. The maximum Gasteiger partial charge on any atom is 0.0349 e. The summed E-state index contributed by atoms with van der Waals surface area (Å²) in [4.78, 5) is 0. The largest absolute Gasteiger partial charge is 0.313 e. The second-order valence-corrected chi connectivity index (χ2v) is 4.55. The predicted molar refractivity (Wildman–Crippen MR) is 65.0 cm³/mol. The van der Waals surface area contributed by atoms with Crippen LogP contribution in [0.1, 0.15) is 43.4 Å². The Morgan fingerprint density at radius 3 is 2.87 bits per heavy atom. The van der Waals surface area contributed by atoms with Gasteiger partial charge in [0.1, 0.15) is 0 Å². The van der Waals surface area contributed by atoms with Crippen molar-refractivity contribution < 1.29 is 0 Å². The van der Waals surface area contributed by atoms with E-state index in [-0.39, 0.29) is 0 Å². The van der Waals surface area contributed by atoms with Gasteiger partial charge in [0.15, 0.2) is 0 Å². The Morgan fingerprint density at radius 2 is 2.13 bits per heavy atom. The van der Waals surface area contributed by atoms with E-state index >= 15 is 0 Å². The van der Waals surface area contributed by atoms with Crippen molar-refractivity contribution in [2.45, 2.75) is 38.6 Å². The molecule has 0 aliphatic heterocycles. The van der Waals surface area contributed by atoms with Crippen LogP contribution in [0.25, 0.3) is 0 Å². The van der Waals surface area contributed by atoms with Crippen molar-refractivity contribution in [3.8, 4) is 0 Å². The molecule has 1 heteroatoms. The quantitative estimate of drug-likeness (QED) is 0.794. The Hall–Kier alpha value is -0.820. The normalized spacial score (nSPS) is 24.9. The molecule has 0 bridgehead atoms. The third-order valence-corrected chi connectivity index (χ3v) is 3.62. The van der Waals surface area contributed by atoms with E-state index < -0.39 is 0 Å². The molecule has 0 heterocycles. The van der Waals surface area contributed by atoms with Crippen molar-refractivity contribution in [1.82, 2.24) is 5.32 Å². The van der Waals surface area contributed by atoms with E-state index in [2.05, 4.69) is 43.6 Å². The van der Waals surface area contributed by atoms with Gasteiger partial charge in [0.25, 0.3) is 0 Å². The number of hydrogen-bond acceptors (Lipinski definition) is 1. The van der Waals surface area contributed by atoms with Gasteiger partial charge in [0.2, 0.25) is 0 Å². The highest BCUT2D eigenvalue weighted by Gasteiger charge is 2.26. The SMILES string of the molecule is CCCC1CCc2ccccc2C1NC. The fourth-order valence-corrected chi connectivity index (χ4v) is 2.90. The van der Waals surface area contributed by atoms with Gasteiger partial charge >= 0.3 is 0 Å². The van der Waals surface area contributed by atoms with Gasteiger partial charge in [-0.2, -0.15) is 0 Å². The maximum absolute atomic E-state index is 3.50. The Kier molecular flexibility index (Phi) is 3.42. The smallest absolute Gasteiger partial charge is 0.0349 e. The minimum atomic E-state index is 0.579. The van der Waals surface area contributed by atoms with E-state index in [1.54, 1.807) is 5.56 Å². The zero-order valence-electron chi connectivity index (χ0n) is 9.79. The monoisotopic (exact) mass is 203 g/mol. The van der Waals surface area contributed by atoms with Gasteiger partial charge in [-0.25, -0.2) is 0 Å². The first kappa shape index (κ1) is 10.7. The van der Waals surface area contributed by atoms with Crippen LogP contribution in [0, 0.1) is 5.92 Å². The molecule has 2 atom stereocenters. The molecule has 2 rings (SSSR count). The number of rotatable bonds is 3. The van der Waals surface area contributed by atoms with Gasteiger partial charge in [-0.15, -0.1) is 0 Å². The first-order valence-electron chi connectivity index (χ1n) is 6.12. The molecule has 1 aromatic carbocycles. The third kappa shape index (κ3) is 2.07. The second kappa shape index (κ2) is 4.80. The number of benzene rings is 1. The lowest BCUT2D eigenvalue weighted by atomic mass is 9.78. The zero-order valence-corrected chi connectivity index (χ0v) is 9.79. The minimum Gasteiger partial charge on any atom is -0.313 e. The molecule has 0 spiro atoms. The zero-order chi connectivity index (χ0) is 10.7. The molecule has 1 nitrogen and oxygen atoms in total. The van der Waals surface area contributed by atoms with E-state index in [1.807, 2.05) is 0 Å². The van der Waals surface area contributed by atoms with Gasteiger partial charge in [0.05, 0.1) is 0 Å². The molecule has 15 heavy (non-hydrogen) atoms. The van der Waals surface area contributed by atoms with Gasteiger partial charge in [-0.05, 0) is 43.4 Å². The molecule has 2 unspecified atom stereocenters. The topological polar surface area (TPSA) is 12.0 Å². The minimum absolute atomic E-state index is 0.579. The molecular weight excluding hydrogens is 182 g/mol. The summed E-state index contributed by atoms with van der Waals surface area (Å²) in [7, 11) is 2.09. The number of aryl methyl sites for hydroxylation is 1. The highest BCUT2D eigenvalue weighted by atomic mass is 14.9. The molecule has 0 saturated heterocycles. The van der Waals surface area contributed by atoms with Crippen LogP contribution in [0.5, 0.6) is 0 Å². The summed E-state index contributed by atoms with van der Waals surface area (Å²) in [6.07, 6.45) is 5.25. The first-order valence-corrected chi connectivity index (χ1v) is 6.12. The summed E-state index contributed by atoms with van der Waals surface area (Å²) in [6, 6.07) is 9.47. The first-order chi connectivity index (χ1) is 7.36. The van der Waals surface area contributed by atoms with Gasteiger partial charge in [-0.3, -0.25) is 0 Å². The molecule has 0 saturated carbocycles. The van der Waals surface area contributed by atoms with Crippen LogP contribution in [-0.2, 0) is 6.42 Å². The molecule has 1 N–H and O–H groups in total. The summed E-state index contributed by atoms with van der Waals surface area (Å²) >= 11 is 0. The van der Waals surface area contributed by atoms with Crippen LogP contribution in [0.3, 0.4) is 0 Å². The van der Waals surface area contributed by atoms with Crippen molar-refractivity contribution >= 4 is 0 Å². The Balaban J connectivity index is 2.26. The van der Waals surface area contributed by atoms with Gasteiger partial charge < -0.3 is 5.32 Å². The van der Waals surface area contributed by atoms with Crippen molar-refractivity contribution in [3.63, 3.8) is 0 Å². The summed E-state index contributed by atoms with van der Waals surface area (Å²) in [5.41, 5.74) is 3.08.